The van der Waals surface area contributed by atoms with Crippen molar-refractivity contribution < 1.29 is 9.32 Å². The van der Waals surface area contributed by atoms with Crippen LogP contribution in [0, 0.1) is 5.92 Å². The van der Waals surface area contributed by atoms with E-state index in [0.29, 0.717) is 22.7 Å². The zero-order chi connectivity index (χ0) is 17.5. The first kappa shape index (κ1) is 15.9. The van der Waals surface area contributed by atoms with Gasteiger partial charge in [-0.1, -0.05) is 17.3 Å². The maximum atomic E-state index is 12.9. The summed E-state index contributed by atoms with van der Waals surface area (Å²) in [5.41, 5.74) is 0.896. The summed E-state index contributed by atoms with van der Waals surface area (Å²) in [6, 6.07) is 7.89. The van der Waals surface area contributed by atoms with Gasteiger partial charge in [-0.25, -0.2) is 4.98 Å². The normalized spacial score (nSPS) is 20.6. The average molecular weight is 368 g/mol. The molecule has 7 heteroatoms. The summed E-state index contributed by atoms with van der Waals surface area (Å²) in [6.45, 7) is 1.53. The molecule has 134 valence electrons. The Morgan fingerprint density at radius 1 is 1.23 bits per heavy atom. The van der Waals surface area contributed by atoms with Crippen molar-refractivity contribution in [1.29, 1.82) is 0 Å². The smallest absolute Gasteiger partial charge is 0.282 e. The molecule has 0 radical (unpaired) electrons. The van der Waals surface area contributed by atoms with Gasteiger partial charge in [0.2, 0.25) is 5.89 Å². The highest BCUT2D eigenvalue weighted by molar-refractivity contribution is 7.20. The van der Waals surface area contributed by atoms with Crippen molar-refractivity contribution in [1.82, 2.24) is 20.0 Å². The van der Waals surface area contributed by atoms with Crippen molar-refractivity contribution >= 4 is 27.5 Å². The number of benzene rings is 1. The van der Waals surface area contributed by atoms with Crippen LogP contribution in [0.1, 0.15) is 53.1 Å². The molecule has 0 bridgehead atoms. The third-order valence-electron chi connectivity index (χ3n) is 5.17. The number of carbonyl (C=O) groups is 1. The second kappa shape index (κ2) is 6.46. The minimum absolute atomic E-state index is 0.0418. The van der Waals surface area contributed by atoms with Gasteiger partial charge in [0.1, 0.15) is 0 Å². The third kappa shape index (κ3) is 3.11. The SMILES string of the molecule is O=C(c1nc2ccccc2s1)N1CCC[C@H](Cc2nc(C3CC3)no2)C1. The van der Waals surface area contributed by atoms with Crippen LogP contribution in [0.2, 0.25) is 0 Å². The fourth-order valence-corrected chi connectivity index (χ4v) is 4.55. The predicted molar refractivity (Wildman–Crippen MR) is 98.2 cm³/mol. The van der Waals surface area contributed by atoms with Crippen molar-refractivity contribution in [2.45, 2.75) is 38.0 Å². The number of piperidine rings is 1. The molecule has 2 aliphatic rings. The van der Waals surface area contributed by atoms with Crippen molar-refractivity contribution in [3.05, 3.63) is 41.0 Å². The molecule has 1 aromatic carbocycles. The Kier molecular flexibility index (Phi) is 3.96. The number of nitrogens with zero attached hydrogens (tertiary/aromatic N) is 4. The molecule has 2 aromatic heterocycles. The van der Waals surface area contributed by atoms with E-state index in [9.17, 15) is 4.79 Å². The predicted octanol–water partition coefficient (Wildman–Crippen LogP) is 3.65. The molecule has 1 aliphatic carbocycles. The Bertz CT molecular complexity index is 913. The van der Waals surface area contributed by atoms with E-state index in [1.165, 1.54) is 24.2 Å². The number of amides is 1. The number of likely N-dealkylation sites (tertiary alicyclic amines) is 1. The van der Waals surface area contributed by atoms with E-state index in [2.05, 4.69) is 15.1 Å². The van der Waals surface area contributed by atoms with Crippen LogP contribution in [0.3, 0.4) is 0 Å². The molecular formula is C19H20N4O2S. The quantitative estimate of drug-likeness (QED) is 0.703. The summed E-state index contributed by atoms with van der Waals surface area (Å²) in [5.74, 6) is 2.50. The van der Waals surface area contributed by atoms with Crippen LogP contribution in [-0.2, 0) is 6.42 Å². The molecular weight excluding hydrogens is 348 g/mol. The summed E-state index contributed by atoms with van der Waals surface area (Å²) in [7, 11) is 0. The summed E-state index contributed by atoms with van der Waals surface area (Å²) in [6.07, 6.45) is 5.19. The number of hydrogen-bond donors (Lipinski definition) is 0. The summed E-state index contributed by atoms with van der Waals surface area (Å²) in [4.78, 5) is 23.9. The van der Waals surface area contributed by atoms with Gasteiger partial charge >= 0.3 is 0 Å². The summed E-state index contributed by atoms with van der Waals surface area (Å²) < 4.78 is 6.47. The maximum absolute atomic E-state index is 12.9. The molecule has 0 unspecified atom stereocenters. The van der Waals surface area contributed by atoms with Gasteiger partial charge in [-0.2, -0.15) is 4.98 Å². The molecule has 2 fully saturated rings. The van der Waals surface area contributed by atoms with Gasteiger partial charge in [-0.15, -0.1) is 11.3 Å². The van der Waals surface area contributed by atoms with Gasteiger partial charge in [0.05, 0.1) is 10.2 Å². The fourth-order valence-electron chi connectivity index (χ4n) is 3.62. The minimum Gasteiger partial charge on any atom is -0.339 e. The highest BCUT2D eigenvalue weighted by Crippen LogP contribution is 2.38. The van der Waals surface area contributed by atoms with E-state index in [0.717, 1.165) is 48.4 Å². The lowest BCUT2D eigenvalue weighted by atomic mass is 9.94. The highest BCUT2D eigenvalue weighted by Gasteiger charge is 2.31. The summed E-state index contributed by atoms with van der Waals surface area (Å²) >= 11 is 1.47. The van der Waals surface area contributed by atoms with E-state index in [1.807, 2.05) is 29.2 Å². The van der Waals surface area contributed by atoms with Crippen LogP contribution in [-0.4, -0.2) is 39.0 Å². The Labute approximate surface area is 155 Å². The van der Waals surface area contributed by atoms with Crippen LogP contribution in [0.25, 0.3) is 10.2 Å². The van der Waals surface area contributed by atoms with E-state index in [1.54, 1.807) is 0 Å². The number of hydrogen-bond acceptors (Lipinski definition) is 6. The fraction of sp³-hybridized carbons (Fsp3) is 0.474. The van der Waals surface area contributed by atoms with Crippen molar-refractivity contribution in [2.24, 2.45) is 5.92 Å². The largest absolute Gasteiger partial charge is 0.339 e. The van der Waals surface area contributed by atoms with Crippen LogP contribution in [0.15, 0.2) is 28.8 Å². The number of thiazole rings is 1. The van der Waals surface area contributed by atoms with Gasteiger partial charge in [0.15, 0.2) is 10.8 Å². The van der Waals surface area contributed by atoms with Gasteiger partial charge in [0, 0.05) is 25.4 Å². The molecule has 0 N–H and O–H groups in total. The molecule has 6 nitrogen and oxygen atoms in total. The zero-order valence-corrected chi connectivity index (χ0v) is 15.2. The van der Waals surface area contributed by atoms with Crippen LogP contribution >= 0.6 is 11.3 Å². The van der Waals surface area contributed by atoms with E-state index in [-0.39, 0.29) is 5.91 Å². The Morgan fingerprint density at radius 2 is 2.12 bits per heavy atom. The maximum Gasteiger partial charge on any atom is 0.282 e. The van der Waals surface area contributed by atoms with Gasteiger partial charge < -0.3 is 9.42 Å². The van der Waals surface area contributed by atoms with Crippen LogP contribution < -0.4 is 0 Å². The third-order valence-corrected chi connectivity index (χ3v) is 6.20. The lowest BCUT2D eigenvalue weighted by Gasteiger charge is -2.31. The molecule has 0 spiro atoms. The second-order valence-corrected chi connectivity index (χ2v) is 8.30. The molecule has 1 aliphatic heterocycles. The standard InChI is InChI=1S/C19H20N4O2S/c24-19(18-20-14-5-1-2-6-15(14)26-18)23-9-3-4-12(11-23)10-16-21-17(22-25-16)13-7-8-13/h1-2,5-6,12-13H,3-4,7-11H2/t12-/m1/s1. The van der Waals surface area contributed by atoms with Gasteiger partial charge in [0.25, 0.3) is 5.91 Å². The Hall–Kier alpha value is -2.28. The van der Waals surface area contributed by atoms with Gasteiger partial charge in [-0.3, -0.25) is 4.79 Å². The number of carbonyl (C=O) groups excluding carboxylic acids is 1. The van der Waals surface area contributed by atoms with Crippen molar-refractivity contribution in [2.75, 3.05) is 13.1 Å². The lowest BCUT2D eigenvalue weighted by Crippen LogP contribution is -2.40. The molecule has 1 atom stereocenters. The zero-order valence-electron chi connectivity index (χ0n) is 14.4. The van der Waals surface area contributed by atoms with Gasteiger partial charge in [-0.05, 0) is 43.7 Å². The molecule has 3 aromatic rings. The second-order valence-electron chi connectivity index (χ2n) is 7.27. The van der Waals surface area contributed by atoms with Crippen LogP contribution in [0.5, 0.6) is 0 Å². The monoisotopic (exact) mass is 368 g/mol. The number of aromatic nitrogens is 3. The highest BCUT2D eigenvalue weighted by atomic mass is 32.1. The Morgan fingerprint density at radius 3 is 2.96 bits per heavy atom. The average Bonchev–Trinajstić information content (AvgIpc) is 3.26. The minimum atomic E-state index is 0.0418. The van der Waals surface area contributed by atoms with E-state index in [4.69, 9.17) is 4.52 Å². The molecule has 3 heterocycles. The first-order valence-corrected chi connectivity index (χ1v) is 10.1. The van der Waals surface area contributed by atoms with Crippen LogP contribution in [0.4, 0.5) is 0 Å². The first-order valence-electron chi connectivity index (χ1n) is 9.23. The first-order chi connectivity index (χ1) is 12.8. The number of rotatable bonds is 4. The van der Waals surface area contributed by atoms with E-state index < -0.39 is 0 Å². The molecule has 5 rings (SSSR count). The number of para-hydroxylation sites is 1. The molecule has 1 saturated carbocycles. The van der Waals surface area contributed by atoms with Crippen molar-refractivity contribution in [3.63, 3.8) is 0 Å². The topological polar surface area (TPSA) is 72.1 Å². The lowest BCUT2D eigenvalue weighted by molar-refractivity contribution is 0.0668. The Balaban J connectivity index is 1.27. The molecule has 1 saturated heterocycles. The van der Waals surface area contributed by atoms with E-state index >= 15 is 0 Å². The molecule has 26 heavy (non-hydrogen) atoms. The molecule has 1 amide bonds. The number of fused-ring (bicyclic) bond motifs is 1. The van der Waals surface area contributed by atoms with Crippen molar-refractivity contribution in [3.8, 4) is 0 Å². The summed E-state index contributed by atoms with van der Waals surface area (Å²) in [5, 5.41) is 4.68.